The van der Waals surface area contributed by atoms with Crippen LogP contribution in [0.4, 0.5) is 0 Å². The minimum absolute atomic E-state index is 0.0242. The summed E-state index contributed by atoms with van der Waals surface area (Å²) in [6.07, 6.45) is 1.90. The highest BCUT2D eigenvalue weighted by Gasteiger charge is 2.26. The normalized spacial score (nSPS) is 21.9. The highest BCUT2D eigenvalue weighted by atomic mass is 16.6. The molecule has 1 aromatic rings. The van der Waals surface area contributed by atoms with E-state index in [0.29, 0.717) is 24.6 Å². The Morgan fingerprint density at radius 3 is 2.58 bits per heavy atom. The Morgan fingerprint density at radius 2 is 2.04 bits per heavy atom. The summed E-state index contributed by atoms with van der Waals surface area (Å²) in [7, 11) is 0. The molecule has 134 valence electrons. The van der Waals surface area contributed by atoms with Gasteiger partial charge in [0.2, 0.25) is 0 Å². The topological polar surface area (TPSA) is 70.6 Å². The van der Waals surface area contributed by atoms with Gasteiger partial charge in [0.05, 0.1) is 12.6 Å². The van der Waals surface area contributed by atoms with Crippen LogP contribution in [0.5, 0.6) is 0 Å². The summed E-state index contributed by atoms with van der Waals surface area (Å²) >= 11 is 0. The third kappa shape index (κ3) is 5.58. The zero-order valence-electron chi connectivity index (χ0n) is 14.9. The average molecular weight is 334 g/mol. The van der Waals surface area contributed by atoms with Crippen molar-refractivity contribution in [3.63, 3.8) is 0 Å². The summed E-state index contributed by atoms with van der Waals surface area (Å²) in [5.74, 6) is 0.428. The first-order valence-electron chi connectivity index (χ1n) is 8.92. The van der Waals surface area contributed by atoms with Gasteiger partial charge in [0.15, 0.2) is 6.29 Å². The minimum Gasteiger partial charge on any atom is -0.367 e. The van der Waals surface area contributed by atoms with Crippen LogP contribution in [0.2, 0.25) is 0 Å². The molecule has 24 heavy (non-hydrogen) atoms. The molecule has 1 saturated heterocycles. The molecule has 1 aromatic carbocycles. The van der Waals surface area contributed by atoms with Crippen LogP contribution in [0.3, 0.4) is 0 Å². The molecule has 0 bridgehead atoms. The monoisotopic (exact) mass is 334 g/mol. The summed E-state index contributed by atoms with van der Waals surface area (Å²) in [5.41, 5.74) is 1.91. The van der Waals surface area contributed by atoms with Gasteiger partial charge in [0.25, 0.3) is 5.91 Å². The predicted octanol–water partition coefficient (Wildman–Crippen LogP) is 2.09. The first kappa shape index (κ1) is 18.9. The summed E-state index contributed by atoms with van der Waals surface area (Å²) in [6, 6.07) is 7.72. The van der Waals surface area contributed by atoms with Crippen molar-refractivity contribution < 1.29 is 14.6 Å². The number of rotatable bonds is 8. The van der Waals surface area contributed by atoms with Crippen LogP contribution in [-0.4, -0.2) is 42.5 Å². The molecule has 0 spiro atoms. The Balaban J connectivity index is 1.92. The highest BCUT2D eigenvalue weighted by Crippen LogP contribution is 2.12. The number of ether oxygens (including phenoxy) is 1. The van der Waals surface area contributed by atoms with Crippen molar-refractivity contribution in [2.24, 2.45) is 5.92 Å². The number of benzene rings is 1. The molecular formula is C19H30N2O3. The van der Waals surface area contributed by atoms with Gasteiger partial charge in [-0.1, -0.05) is 32.9 Å². The quantitative estimate of drug-likeness (QED) is 0.681. The first-order chi connectivity index (χ1) is 11.5. The molecule has 1 unspecified atom stereocenters. The van der Waals surface area contributed by atoms with E-state index in [4.69, 9.17) is 4.74 Å². The molecule has 1 amide bonds. The van der Waals surface area contributed by atoms with Crippen molar-refractivity contribution in [1.82, 2.24) is 10.6 Å². The molecule has 0 saturated carbocycles. The van der Waals surface area contributed by atoms with Crippen molar-refractivity contribution in [3.05, 3.63) is 35.4 Å². The molecular weight excluding hydrogens is 304 g/mol. The molecule has 2 rings (SSSR count). The van der Waals surface area contributed by atoms with Crippen LogP contribution < -0.4 is 10.6 Å². The zero-order valence-corrected chi connectivity index (χ0v) is 14.9. The maximum absolute atomic E-state index is 12.5. The average Bonchev–Trinajstić information content (AvgIpc) is 2.97. The van der Waals surface area contributed by atoms with E-state index >= 15 is 0 Å². The minimum atomic E-state index is -0.748. The number of aliphatic hydroxyl groups excluding tert-OH is 1. The van der Waals surface area contributed by atoms with E-state index in [9.17, 15) is 9.90 Å². The molecule has 1 heterocycles. The van der Waals surface area contributed by atoms with Gasteiger partial charge in [-0.2, -0.15) is 0 Å². The maximum Gasteiger partial charge on any atom is 0.251 e. The van der Waals surface area contributed by atoms with Gasteiger partial charge >= 0.3 is 0 Å². The molecule has 3 N–H and O–H groups in total. The lowest BCUT2D eigenvalue weighted by Crippen LogP contribution is -2.47. The number of carbonyl (C=O) groups excluding carboxylic acids is 1. The van der Waals surface area contributed by atoms with E-state index in [1.807, 2.05) is 24.3 Å². The van der Waals surface area contributed by atoms with E-state index in [-0.39, 0.29) is 18.0 Å². The van der Waals surface area contributed by atoms with Crippen LogP contribution >= 0.6 is 0 Å². The van der Waals surface area contributed by atoms with Gasteiger partial charge in [-0.15, -0.1) is 0 Å². The largest absolute Gasteiger partial charge is 0.367 e. The van der Waals surface area contributed by atoms with E-state index in [0.717, 1.165) is 19.3 Å². The van der Waals surface area contributed by atoms with Crippen molar-refractivity contribution in [2.45, 2.75) is 58.4 Å². The molecule has 0 radical (unpaired) electrons. The molecule has 1 aliphatic heterocycles. The first-order valence-corrected chi connectivity index (χ1v) is 8.92. The molecule has 1 aliphatic rings. The fraction of sp³-hybridized carbons (Fsp3) is 0.632. The maximum atomic E-state index is 12.5. The SMILES string of the molecule is CCc1ccc(C(=O)N[C@@H](CN[C@H]2CCOC2O)CC(C)C)cc1. The summed E-state index contributed by atoms with van der Waals surface area (Å²) < 4.78 is 5.16. The van der Waals surface area contributed by atoms with Crippen molar-refractivity contribution in [3.8, 4) is 0 Å². The molecule has 0 aliphatic carbocycles. The van der Waals surface area contributed by atoms with Crippen molar-refractivity contribution >= 4 is 5.91 Å². The van der Waals surface area contributed by atoms with Gasteiger partial charge in [0, 0.05) is 18.2 Å². The van der Waals surface area contributed by atoms with E-state index in [2.05, 4.69) is 31.4 Å². The van der Waals surface area contributed by atoms with Gasteiger partial charge < -0.3 is 20.5 Å². The second-order valence-electron chi connectivity index (χ2n) is 6.92. The third-order valence-corrected chi connectivity index (χ3v) is 4.40. The Labute approximate surface area is 144 Å². The Morgan fingerprint density at radius 1 is 1.33 bits per heavy atom. The van der Waals surface area contributed by atoms with Crippen LogP contribution in [0.1, 0.15) is 49.5 Å². The van der Waals surface area contributed by atoms with Gasteiger partial charge in [-0.05, 0) is 42.9 Å². The predicted molar refractivity (Wildman–Crippen MR) is 94.9 cm³/mol. The van der Waals surface area contributed by atoms with E-state index in [1.165, 1.54) is 5.56 Å². The lowest BCUT2D eigenvalue weighted by molar-refractivity contribution is -0.0718. The number of aliphatic hydroxyl groups is 1. The Kier molecular flexibility index (Phi) is 7.21. The number of carbonyl (C=O) groups is 1. The third-order valence-electron chi connectivity index (χ3n) is 4.40. The fourth-order valence-corrected chi connectivity index (χ4v) is 2.99. The number of hydrogen-bond acceptors (Lipinski definition) is 4. The molecule has 1 fully saturated rings. The number of aryl methyl sites for hydroxylation is 1. The lowest BCUT2D eigenvalue weighted by atomic mass is 10.0. The van der Waals surface area contributed by atoms with Crippen LogP contribution in [0.15, 0.2) is 24.3 Å². The lowest BCUT2D eigenvalue weighted by Gasteiger charge is -2.24. The van der Waals surface area contributed by atoms with Gasteiger partial charge in [-0.25, -0.2) is 0 Å². The highest BCUT2D eigenvalue weighted by molar-refractivity contribution is 5.94. The fourth-order valence-electron chi connectivity index (χ4n) is 2.99. The molecule has 3 atom stereocenters. The van der Waals surface area contributed by atoms with Gasteiger partial charge in [0.1, 0.15) is 0 Å². The van der Waals surface area contributed by atoms with Crippen LogP contribution in [0, 0.1) is 5.92 Å². The number of nitrogens with one attached hydrogen (secondary N) is 2. The van der Waals surface area contributed by atoms with Crippen LogP contribution in [-0.2, 0) is 11.2 Å². The van der Waals surface area contributed by atoms with Crippen molar-refractivity contribution in [2.75, 3.05) is 13.2 Å². The Hall–Kier alpha value is -1.43. The molecule has 5 nitrogen and oxygen atoms in total. The second kappa shape index (κ2) is 9.16. The summed E-state index contributed by atoms with van der Waals surface area (Å²) in [4.78, 5) is 12.5. The molecule has 0 aromatic heterocycles. The summed E-state index contributed by atoms with van der Waals surface area (Å²) in [6.45, 7) is 7.58. The smallest absolute Gasteiger partial charge is 0.251 e. The standard InChI is InChI=1S/C19H30N2O3/c1-4-14-5-7-15(8-6-14)18(22)21-16(11-13(2)3)12-20-17-9-10-24-19(17)23/h5-8,13,16-17,19-20,23H,4,9-12H2,1-3H3,(H,21,22)/t16-,17+,19?/m1/s1. The van der Waals surface area contributed by atoms with E-state index in [1.54, 1.807) is 0 Å². The molecule has 5 heteroatoms. The van der Waals surface area contributed by atoms with Crippen LogP contribution in [0.25, 0.3) is 0 Å². The van der Waals surface area contributed by atoms with Crippen molar-refractivity contribution in [1.29, 1.82) is 0 Å². The Bertz CT molecular complexity index is 516. The van der Waals surface area contributed by atoms with Gasteiger partial charge in [-0.3, -0.25) is 4.79 Å². The number of amides is 1. The van der Waals surface area contributed by atoms with E-state index < -0.39 is 6.29 Å². The number of hydrogen-bond donors (Lipinski definition) is 3. The summed E-state index contributed by atoms with van der Waals surface area (Å²) in [5, 5.41) is 16.2. The zero-order chi connectivity index (χ0) is 17.5. The second-order valence-corrected chi connectivity index (χ2v) is 6.92.